The number of ether oxygens (including phenoxy) is 2. The van der Waals surface area contributed by atoms with Gasteiger partial charge in [-0.3, -0.25) is 9.59 Å². The molecule has 7 nitrogen and oxygen atoms in total. The summed E-state index contributed by atoms with van der Waals surface area (Å²) in [6, 6.07) is 8.44. The molecule has 1 saturated carbocycles. The molecule has 0 radical (unpaired) electrons. The first-order valence-corrected chi connectivity index (χ1v) is 22.9. The Kier molecular flexibility index (Phi) is 15.1. The number of rotatable bonds is 17. The van der Waals surface area contributed by atoms with E-state index in [9.17, 15) is 14.7 Å². The van der Waals surface area contributed by atoms with Gasteiger partial charge in [0.2, 0.25) is 0 Å². The predicted molar refractivity (Wildman–Crippen MR) is 192 cm³/mol. The summed E-state index contributed by atoms with van der Waals surface area (Å²) in [6.45, 7) is 22.9. The molecule has 0 saturated heterocycles. The number of benzene rings is 1. The number of unbranched alkanes of at least 4 members (excludes halogenated alkanes) is 2. The molecule has 1 aromatic carbocycles. The van der Waals surface area contributed by atoms with Crippen molar-refractivity contribution in [1.29, 1.82) is 0 Å². The highest BCUT2D eigenvalue weighted by molar-refractivity contribution is 6.74. The summed E-state index contributed by atoms with van der Waals surface area (Å²) in [5, 5.41) is 11.5. The van der Waals surface area contributed by atoms with Gasteiger partial charge in [0.05, 0.1) is 37.9 Å². The van der Waals surface area contributed by atoms with Gasteiger partial charge in [0.25, 0.3) is 0 Å². The fourth-order valence-corrected chi connectivity index (χ4v) is 8.21. The fourth-order valence-electron chi connectivity index (χ4n) is 5.59. The Morgan fingerprint density at radius 3 is 2.20 bits per heavy atom. The minimum absolute atomic E-state index is 0.0121. The molecule has 0 bridgehead atoms. The topological polar surface area (TPSA) is 91.3 Å². The van der Waals surface area contributed by atoms with E-state index in [1.165, 1.54) is 12.7 Å². The minimum Gasteiger partial charge on any atom is -0.469 e. The largest absolute Gasteiger partial charge is 0.469 e. The van der Waals surface area contributed by atoms with E-state index in [4.69, 9.17) is 18.3 Å². The standard InChI is InChI=1S/C37H64O7Si2/c1-36(2,3)45(9,10)43-29(24-27-17-16-18-28(23-27)26-41-7)21-22-30-33(44-46(11,12)37(4,5)6)25-32(39)35(30)31(38)19-14-13-15-20-34(40)42-8/h16-18,21-23,29-31,33,35,38H,13-15,19-20,24-26H2,1-12H3/b22-21+/t29-,30+,31?,33-,35?/m1/s1. The number of carbonyl (C=O) groups is 2. The van der Waals surface area contributed by atoms with Crippen LogP contribution in [0, 0.1) is 11.8 Å². The van der Waals surface area contributed by atoms with E-state index in [0.29, 0.717) is 38.7 Å². The number of aliphatic hydroxyl groups excluding tert-OH is 1. The maximum atomic E-state index is 13.6. The number of ketones is 1. The molecule has 2 unspecified atom stereocenters. The highest BCUT2D eigenvalue weighted by Gasteiger charge is 2.49. The molecule has 1 aromatic rings. The summed E-state index contributed by atoms with van der Waals surface area (Å²) in [5.41, 5.74) is 2.29. The van der Waals surface area contributed by atoms with Crippen LogP contribution in [0.2, 0.25) is 36.3 Å². The van der Waals surface area contributed by atoms with E-state index >= 15 is 0 Å². The third-order valence-electron chi connectivity index (χ3n) is 10.4. The molecule has 2 rings (SSSR count). The summed E-state index contributed by atoms with van der Waals surface area (Å²) in [6.07, 6.45) is 7.12. The molecule has 0 aliphatic heterocycles. The predicted octanol–water partition coefficient (Wildman–Crippen LogP) is 8.40. The molecule has 1 N–H and O–H groups in total. The number of esters is 1. The molecule has 0 spiro atoms. The number of hydrogen-bond acceptors (Lipinski definition) is 7. The van der Waals surface area contributed by atoms with Crippen molar-refractivity contribution >= 4 is 28.4 Å². The van der Waals surface area contributed by atoms with Gasteiger partial charge < -0.3 is 23.4 Å². The van der Waals surface area contributed by atoms with Crippen LogP contribution in [0.25, 0.3) is 0 Å². The smallest absolute Gasteiger partial charge is 0.305 e. The lowest BCUT2D eigenvalue weighted by Crippen LogP contribution is -2.45. The van der Waals surface area contributed by atoms with E-state index in [-0.39, 0.29) is 40.0 Å². The Labute approximate surface area is 282 Å². The zero-order chi connectivity index (χ0) is 34.9. The first-order chi connectivity index (χ1) is 21.2. The van der Waals surface area contributed by atoms with Crippen molar-refractivity contribution in [3.8, 4) is 0 Å². The van der Waals surface area contributed by atoms with Gasteiger partial charge in [-0.2, -0.15) is 0 Å². The second-order valence-electron chi connectivity index (χ2n) is 16.2. The molecule has 0 heterocycles. The van der Waals surface area contributed by atoms with Crippen LogP contribution in [0.3, 0.4) is 0 Å². The van der Waals surface area contributed by atoms with Crippen LogP contribution >= 0.6 is 0 Å². The maximum Gasteiger partial charge on any atom is 0.305 e. The summed E-state index contributed by atoms with van der Waals surface area (Å²) < 4.78 is 24.0. The van der Waals surface area contributed by atoms with Gasteiger partial charge in [-0.15, -0.1) is 0 Å². The van der Waals surface area contributed by atoms with E-state index in [1.807, 2.05) is 0 Å². The van der Waals surface area contributed by atoms with Gasteiger partial charge >= 0.3 is 5.97 Å². The van der Waals surface area contributed by atoms with Crippen LogP contribution in [0.15, 0.2) is 36.4 Å². The van der Waals surface area contributed by atoms with Crippen molar-refractivity contribution in [3.63, 3.8) is 0 Å². The Balaban J connectivity index is 2.43. The van der Waals surface area contributed by atoms with Crippen LogP contribution in [0.1, 0.15) is 91.2 Å². The average Bonchev–Trinajstić information content (AvgIpc) is 3.23. The zero-order valence-corrected chi connectivity index (χ0v) is 32.9. The lowest BCUT2D eigenvalue weighted by molar-refractivity contribution is -0.140. The molecular weight excluding hydrogens is 613 g/mol. The number of aliphatic hydroxyl groups is 1. The lowest BCUT2D eigenvalue weighted by Gasteiger charge is -2.40. The van der Waals surface area contributed by atoms with Crippen molar-refractivity contribution in [1.82, 2.24) is 0 Å². The minimum atomic E-state index is -2.20. The number of Topliss-reactive ketones (excluding diaryl/α,β-unsaturated/α-hetero) is 1. The molecule has 0 aromatic heterocycles. The van der Waals surface area contributed by atoms with Crippen molar-refractivity contribution in [2.45, 2.75) is 148 Å². The van der Waals surface area contributed by atoms with Gasteiger partial charge in [-0.1, -0.05) is 90.8 Å². The summed E-state index contributed by atoms with van der Waals surface area (Å²) in [7, 11) is -1.24. The fraction of sp³-hybridized carbons (Fsp3) is 0.730. The monoisotopic (exact) mass is 676 g/mol. The van der Waals surface area contributed by atoms with E-state index in [2.05, 4.69) is 104 Å². The van der Waals surface area contributed by atoms with Crippen LogP contribution in [-0.4, -0.2) is 66.0 Å². The van der Waals surface area contributed by atoms with Gasteiger partial charge in [0.1, 0.15) is 5.78 Å². The van der Waals surface area contributed by atoms with Gasteiger partial charge in [0, 0.05) is 32.3 Å². The number of carbonyl (C=O) groups excluding carboxylic acids is 2. The maximum absolute atomic E-state index is 13.6. The van der Waals surface area contributed by atoms with E-state index in [1.54, 1.807) is 7.11 Å². The molecule has 46 heavy (non-hydrogen) atoms. The van der Waals surface area contributed by atoms with Crippen molar-refractivity contribution in [3.05, 3.63) is 47.5 Å². The Hall–Kier alpha value is -1.63. The molecule has 1 aliphatic carbocycles. The highest BCUT2D eigenvalue weighted by atomic mass is 28.4. The second-order valence-corrected chi connectivity index (χ2v) is 25.7. The quantitative estimate of drug-likeness (QED) is 0.0767. The van der Waals surface area contributed by atoms with Crippen molar-refractivity contribution in [2.75, 3.05) is 14.2 Å². The molecule has 1 fully saturated rings. The average molecular weight is 677 g/mol. The van der Waals surface area contributed by atoms with Crippen LogP contribution in [-0.2, 0) is 40.9 Å². The summed E-state index contributed by atoms with van der Waals surface area (Å²) in [4.78, 5) is 25.1. The zero-order valence-electron chi connectivity index (χ0n) is 30.9. The molecule has 5 atom stereocenters. The Bertz CT molecular complexity index is 1150. The molecule has 1 aliphatic rings. The first kappa shape index (κ1) is 40.5. The van der Waals surface area contributed by atoms with E-state index < -0.39 is 28.7 Å². The number of hydrogen-bond donors (Lipinski definition) is 1. The van der Waals surface area contributed by atoms with Gasteiger partial charge in [0.15, 0.2) is 16.6 Å². The SMILES string of the molecule is COCc1cccc(C[C@@H](/C=C/[C@@H]2C(C(O)CCCCCC(=O)OC)C(=O)C[C@H]2O[Si](C)(C)C(C)(C)C)O[Si](C)(C)C(C)(C)C)c1. The summed E-state index contributed by atoms with van der Waals surface area (Å²) in [5.74, 6) is -0.945. The van der Waals surface area contributed by atoms with Crippen LogP contribution in [0.5, 0.6) is 0 Å². The summed E-state index contributed by atoms with van der Waals surface area (Å²) >= 11 is 0. The van der Waals surface area contributed by atoms with Crippen molar-refractivity contribution in [2.24, 2.45) is 11.8 Å². The van der Waals surface area contributed by atoms with Crippen LogP contribution < -0.4 is 0 Å². The second kappa shape index (κ2) is 17.2. The lowest BCUT2D eigenvalue weighted by atomic mass is 9.86. The normalized spacial score (nSPS) is 21.2. The van der Waals surface area contributed by atoms with Crippen LogP contribution in [0.4, 0.5) is 0 Å². The molecule has 9 heteroatoms. The van der Waals surface area contributed by atoms with Gasteiger partial charge in [-0.05, 0) is 60.2 Å². The Morgan fingerprint density at radius 2 is 1.61 bits per heavy atom. The van der Waals surface area contributed by atoms with Gasteiger partial charge in [-0.25, -0.2) is 0 Å². The van der Waals surface area contributed by atoms with Crippen molar-refractivity contribution < 1.29 is 33.0 Å². The Morgan fingerprint density at radius 1 is 0.978 bits per heavy atom. The highest BCUT2D eigenvalue weighted by Crippen LogP contribution is 2.44. The molecule has 262 valence electrons. The molecular formula is C37H64O7Si2. The third-order valence-corrected chi connectivity index (χ3v) is 19.4. The number of methoxy groups -OCH3 is 2. The first-order valence-electron chi connectivity index (χ1n) is 17.1. The third kappa shape index (κ3) is 11.8. The van der Waals surface area contributed by atoms with E-state index in [0.717, 1.165) is 18.4 Å². The molecule has 0 amide bonds.